The lowest BCUT2D eigenvalue weighted by Gasteiger charge is -2.03. The van der Waals surface area contributed by atoms with Gasteiger partial charge in [-0.15, -0.1) is 0 Å². The van der Waals surface area contributed by atoms with Crippen molar-refractivity contribution in [2.45, 2.75) is 0 Å². The predicted octanol–water partition coefficient (Wildman–Crippen LogP) is 2.28. The molecule has 0 radical (unpaired) electrons. The minimum Gasteiger partial charge on any atom is -0.289 e. The van der Waals surface area contributed by atoms with Crippen molar-refractivity contribution in [1.82, 2.24) is 15.0 Å². The van der Waals surface area contributed by atoms with E-state index in [1.54, 1.807) is 24.5 Å². The number of aromatic nitrogens is 3. The van der Waals surface area contributed by atoms with Crippen LogP contribution >= 0.6 is 0 Å². The number of fused-ring (bicyclic) bond motifs is 1. The van der Waals surface area contributed by atoms with Crippen LogP contribution in [0.5, 0.6) is 0 Å². The van der Waals surface area contributed by atoms with Gasteiger partial charge in [0.2, 0.25) is 5.95 Å². The number of amides is 1. The summed E-state index contributed by atoms with van der Waals surface area (Å²) in [5.74, 6) is -0.0561. The van der Waals surface area contributed by atoms with Crippen LogP contribution in [0.15, 0.2) is 54.9 Å². The number of anilines is 1. The van der Waals surface area contributed by atoms with Gasteiger partial charge in [0.25, 0.3) is 5.91 Å². The standard InChI is InChI=1S/C14H10N4O/c19-13(18-14-15-8-3-9-16-14)12-7-6-10-4-1-2-5-11(10)17-12/h1-9H,(H,15,16,18,19). The number of carbonyl (C=O) groups excluding carboxylic acids is 1. The summed E-state index contributed by atoms with van der Waals surface area (Å²) >= 11 is 0. The zero-order valence-corrected chi connectivity index (χ0v) is 9.95. The molecule has 0 saturated carbocycles. The molecule has 0 aliphatic heterocycles. The van der Waals surface area contributed by atoms with Gasteiger partial charge in [0, 0.05) is 17.8 Å². The van der Waals surface area contributed by atoms with E-state index < -0.39 is 0 Å². The van der Waals surface area contributed by atoms with Crippen LogP contribution in [0.4, 0.5) is 5.95 Å². The van der Waals surface area contributed by atoms with Crippen molar-refractivity contribution in [2.24, 2.45) is 0 Å². The molecule has 0 bridgehead atoms. The van der Waals surface area contributed by atoms with Crippen LogP contribution in [0.2, 0.25) is 0 Å². The Morgan fingerprint density at radius 1 is 0.947 bits per heavy atom. The van der Waals surface area contributed by atoms with Gasteiger partial charge < -0.3 is 0 Å². The summed E-state index contributed by atoms with van der Waals surface area (Å²) in [5, 5.41) is 3.59. The van der Waals surface area contributed by atoms with Crippen molar-refractivity contribution < 1.29 is 4.79 Å². The highest BCUT2D eigenvalue weighted by atomic mass is 16.2. The Morgan fingerprint density at radius 2 is 1.74 bits per heavy atom. The molecule has 0 unspecified atom stereocenters. The SMILES string of the molecule is O=C(Nc1ncccn1)c1ccc2ccccc2n1. The second-order valence-electron chi connectivity index (χ2n) is 3.92. The van der Waals surface area contributed by atoms with Crippen molar-refractivity contribution in [1.29, 1.82) is 0 Å². The largest absolute Gasteiger partial charge is 0.289 e. The third kappa shape index (κ3) is 2.40. The van der Waals surface area contributed by atoms with Gasteiger partial charge in [0.15, 0.2) is 0 Å². The number of hydrogen-bond acceptors (Lipinski definition) is 4. The van der Waals surface area contributed by atoms with E-state index in [2.05, 4.69) is 20.3 Å². The Hall–Kier alpha value is -2.82. The lowest BCUT2D eigenvalue weighted by atomic mass is 10.2. The number of para-hydroxylation sites is 1. The maximum Gasteiger partial charge on any atom is 0.276 e. The van der Waals surface area contributed by atoms with Crippen LogP contribution in [-0.2, 0) is 0 Å². The first kappa shape index (κ1) is 11.3. The molecule has 0 saturated heterocycles. The quantitative estimate of drug-likeness (QED) is 0.757. The van der Waals surface area contributed by atoms with E-state index in [1.807, 2.05) is 30.3 Å². The van der Waals surface area contributed by atoms with E-state index in [1.165, 1.54) is 0 Å². The van der Waals surface area contributed by atoms with Crippen molar-refractivity contribution in [2.75, 3.05) is 5.32 Å². The molecular weight excluding hydrogens is 240 g/mol. The molecule has 2 aromatic heterocycles. The van der Waals surface area contributed by atoms with Gasteiger partial charge >= 0.3 is 0 Å². The Labute approximate surface area is 109 Å². The first-order chi connectivity index (χ1) is 9.33. The fourth-order valence-corrected chi connectivity index (χ4v) is 1.72. The molecule has 0 aliphatic rings. The van der Waals surface area contributed by atoms with Crippen LogP contribution in [-0.4, -0.2) is 20.9 Å². The number of pyridine rings is 1. The summed E-state index contributed by atoms with van der Waals surface area (Å²) in [6.45, 7) is 0. The number of nitrogens with zero attached hydrogens (tertiary/aromatic N) is 3. The van der Waals surface area contributed by atoms with Crippen LogP contribution in [0.1, 0.15) is 10.5 Å². The summed E-state index contributed by atoms with van der Waals surface area (Å²) in [6, 6.07) is 12.9. The van der Waals surface area contributed by atoms with E-state index in [0.717, 1.165) is 10.9 Å². The van der Waals surface area contributed by atoms with Gasteiger partial charge in [-0.25, -0.2) is 15.0 Å². The Balaban J connectivity index is 1.89. The fourth-order valence-electron chi connectivity index (χ4n) is 1.72. The predicted molar refractivity (Wildman–Crippen MR) is 71.7 cm³/mol. The molecule has 92 valence electrons. The van der Waals surface area contributed by atoms with Crippen LogP contribution in [0.3, 0.4) is 0 Å². The number of rotatable bonds is 2. The molecule has 5 heteroatoms. The molecule has 3 aromatic rings. The Bertz CT molecular complexity index is 728. The molecule has 0 fully saturated rings. The van der Waals surface area contributed by atoms with Crippen molar-refractivity contribution in [3.05, 3.63) is 60.6 Å². The number of nitrogens with one attached hydrogen (secondary N) is 1. The summed E-state index contributed by atoms with van der Waals surface area (Å²) in [6.07, 6.45) is 3.13. The van der Waals surface area contributed by atoms with Gasteiger partial charge in [0.1, 0.15) is 5.69 Å². The molecule has 1 aromatic carbocycles. The maximum absolute atomic E-state index is 12.0. The molecule has 5 nitrogen and oxygen atoms in total. The van der Waals surface area contributed by atoms with Crippen LogP contribution < -0.4 is 5.32 Å². The van der Waals surface area contributed by atoms with Gasteiger partial charge in [-0.05, 0) is 18.2 Å². The first-order valence-electron chi connectivity index (χ1n) is 5.77. The summed E-state index contributed by atoms with van der Waals surface area (Å²) in [4.78, 5) is 24.2. The van der Waals surface area contributed by atoms with Crippen LogP contribution in [0.25, 0.3) is 10.9 Å². The number of hydrogen-bond donors (Lipinski definition) is 1. The first-order valence-corrected chi connectivity index (χ1v) is 5.77. The highest BCUT2D eigenvalue weighted by Gasteiger charge is 2.09. The van der Waals surface area contributed by atoms with Crippen LogP contribution in [0, 0.1) is 0 Å². The monoisotopic (exact) mass is 250 g/mol. The average molecular weight is 250 g/mol. The second-order valence-corrected chi connectivity index (χ2v) is 3.92. The van der Waals surface area contributed by atoms with Gasteiger partial charge in [-0.3, -0.25) is 10.1 Å². The average Bonchev–Trinajstić information content (AvgIpc) is 2.48. The third-order valence-corrected chi connectivity index (χ3v) is 2.62. The highest BCUT2D eigenvalue weighted by molar-refractivity contribution is 6.03. The third-order valence-electron chi connectivity index (χ3n) is 2.62. The Morgan fingerprint density at radius 3 is 2.58 bits per heavy atom. The molecule has 1 amide bonds. The highest BCUT2D eigenvalue weighted by Crippen LogP contribution is 2.12. The van der Waals surface area contributed by atoms with Crippen molar-refractivity contribution >= 4 is 22.8 Å². The van der Waals surface area contributed by atoms with Gasteiger partial charge in [0.05, 0.1) is 5.52 Å². The zero-order valence-electron chi connectivity index (χ0n) is 9.95. The maximum atomic E-state index is 12.0. The van der Waals surface area contributed by atoms with E-state index >= 15 is 0 Å². The molecule has 0 aliphatic carbocycles. The number of carbonyl (C=O) groups is 1. The summed E-state index contributed by atoms with van der Waals surface area (Å²) < 4.78 is 0. The van der Waals surface area contributed by atoms with Crippen molar-refractivity contribution in [3.8, 4) is 0 Å². The fraction of sp³-hybridized carbons (Fsp3) is 0. The summed E-state index contributed by atoms with van der Waals surface area (Å²) in [5.41, 5.74) is 1.12. The Kier molecular flexibility index (Phi) is 2.86. The molecule has 1 N–H and O–H groups in total. The lowest BCUT2D eigenvalue weighted by molar-refractivity contribution is 0.102. The van der Waals surface area contributed by atoms with E-state index in [4.69, 9.17) is 0 Å². The van der Waals surface area contributed by atoms with Crippen molar-refractivity contribution in [3.63, 3.8) is 0 Å². The minimum atomic E-state index is -0.322. The smallest absolute Gasteiger partial charge is 0.276 e. The van der Waals surface area contributed by atoms with Gasteiger partial charge in [-0.2, -0.15) is 0 Å². The second kappa shape index (κ2) is 4.81. The molecule has 3 rings (SSSR count). The molecular formula is C14H10N4O. The molecule has 2 heterocycles. The van der Waals surface area contributed by atoms with E-state index in [0.29, 0.717) is 5.69 Å². The normalized spacial score (nSPS) is 10.3. The van der Waals surface area contributed by atoms with Gasteiger partial charge in [-0.1, -0.05) is 24.3 Å². The van der Waals surface area contributed by atoms with E-state index in [-0.39, 0.29) is 11.9 Å². The summed E-state index contributed by atoms with van der Waals surface area (Å²) in [7, 11) is 0. The number of benzene rings is 1. The molecule has 0 atom stereocenters. The van der Waals surface area contributed by atoms with E-state index in [9.17, 15) is 4.79 Å². The lowest BCUT2D eigenvalue weighted by Crippen LogP contribution is -2.15. The zero-order chi connectivity index (χ0) is 13.1. The molecule has 19 heavy (non-hydrogen) atoms. The minimum absolute atomic E-state index is 0.266. The topological polar surface area (TPSA) is 67.8 Å². The molecule has 0 spiro atoms.